The van der Waals surface area contributed by atoms with Gasteiger partial charge in [0.1, 0.15) is 11.6 Å². The average Bonchev–Trinajstić information content (AvgIpc) is 2.46. The van der Waals surface area contributed by atoms with Crippen molar-refractivity contribution in [2.24, 2.45) is 5.84 Å². The molecule has 0 radical (unpaired) electrons. The van der Waals surface area contributed by atoms with Crippen LogP contribution < -0.4 is 16.0 Å². The SMILES string of the molecule is COc1ccc(Cl)cc1CC(NN)c1ccccc1F. The fourth-order valence-electron chi connectivity index (χ4n) is 2.14. The van der Waals surface area contributed by atoms with Crippen LogP contribution in [0.15, 0.2) is 42.5 Å². The Kier molecular flexibility index (Phi) is 4.95. The zero-order chi connectivity index (χ0) is 14.5. The topological polar surface area (TPSA) is 47.3 Å². The number of ether oxygens (including phenoxy) is 1. The molecule has 0 heterocycles. The van der Waals surface area contributed by atoms with E-state index in [-0.39, 0.29) is 11.9 Å². The Morgan fingerprint density at radius 2 is 2.05 bits per heavy atom. The summed E-state index contributed by atoms with van der Waals surface area (Å²) in [4.78, 5) is 0. The standard InChI is InChI=1S/C15H16ClFN2O/c1-20-15-7-6-11(16)8-10(15)9-14(19-18)12-4-2-3-5-13(12)17/h2-8,14,19H,9,18H2,1H3. The molecule has 0 bridgehead atoms. The van der Waals surface area contributed by atoms with Crippen LogP contribution in [0.1, 0.15) is 17.2 Å². The molecular formula is C15H16ClFN2O. The van der Waals surface area contributed by atoms with Crippen LogP contribution in [-0.2, 0) is 6.42 Å². The van der Waals surface area contributed by atoms with Crippen LogP contribution >= 0.6 is 11.6 Å². The van der Waals surface area contributed by atoms with E-state index in [4.69, 9.17) is 22.2 Å². The molecule has 0 fully saturated rings. The van der Waals surface area contributed by atoms with Gasteiger partial charge in [0.05, 0.1) is 13.2 Å². The first-order valence-electron chi connectivity index (χ1n) is 6.18. The van der Waals surface area contributed by atoms with Gasteiger partial charge in [-0.3, -0.25) is 11.3 Å². The van der Waals surface area contributed by atoms with E-state index in [0.29, 0.717) is 22.8 Å². The quantitative estimate of drug-likeness (QED) is 0.657. The minimum Gasteiger partial charge on any atom is -0.496 e. The summed E-state index contributed by atoms with van der Waals surface area (Å²) in [5.74, 6) is 5.97. The van der Waals surface area contributed by atoms with Gasteiger partial charge in [0.25, 0.3) is 0 Å². The van der Waals surface area contributed by atoms with Gasteiger partial charge in [-0.15, -0.1) is 0 Å². The zero-order valence-corrected chi connectivity index (χ0v) is 11.8. The molecule has 1 unspecified atom stereocenters. The second kappa shape index (κ2) is 6.70. The second-order valence-corrected chi connectivity index (χ2v) is 4.84. The van der Waals surface area contributed by atoms with Gasteiger partial charge >= 0.3 is 0 Å². The normalized spacial score (nSPS) is 12.2. The van der Waals surface area contributed by atoms with Gasteiger partial charge in [-0.1, -0.05) is 29.8 Å². The molecule has 0 aliphatic heterocycles. The molecule has 0 saturated heterocycles. The summed E-state index contributed by atoms with van der Waals surface area (Å²) in [7, 11) is 1.58. The van der Waals surface area contributed by atoms with Crippen LogP contribution in [0.2, 0.25) is 5.02 Å². The van der Waals surface area contributed by atoms with Crippen LogP contribution in [0.25, 0.3) is 0 Å². The Labute approximate surface area is 122 Å². The number of halogens is 2. The summed E-state index contributed by atoms with van der Waals surface area (Å²) in [6.45, 7) is 0. The molecule has 1 atom stereocenters. The van der Waals surface area contributed by atoms with Crippen molar-refractivity contribution >= 4 is 11.6 Å². The Bertz CT molecular complexity index is 592. The number of benzene rings is 2. The fourth-order valence-corrected chi connectivity index (χ4v) is 2.34. The van der Waals surface area contributed by atoms with Gasteiger partial charge in [0.2, 0.25) is 0 Å². The first-order valence-corrected chi connectivity index (χ1v) is 6.56. The lowest BCUT2D eigenvalue weighted by atomic mass is 9.98. The van der Waals surface area contributed by atoms with Crippen molar-refractivity contribution in [1.29, 1.82) is 0 Å². The third kappa shape index (κ3) is 3.28. The predicted octanol–water partition coefficient (Wildman–Crippen LogP) is 3.23. The molecule has 3 nitrogen and oxygen atoms in total. The first-order chi connectivity index (χ1) is 9.65. The molecule has 106 valence electrons. The smallest absolute Gasteiger partial charge is 0.128 e. The number of nitrogens with two attached hydrogens (primary N) is 1. The highest BCUT2D eigenvalue weighted by Gasteiger charge is 2.17. The maximum absolute atomic E-state index is 13.8. The number of hydrazine groups is 1. The summed E-state index contributed by atoms with van der Waals surface area (Å²) in [5.41, 5.74) is 4.02. The van der Waals surface area contributed by atoms with E-state index in [9.17, 15) is 4.39 Å². The van der Waals surface area contributed by atoms with Crippen molar-refractivity contribution in [3.8, 4) is 5.75 Å². The van der Waals surface area contributed by atoms with Gasteiger partial charge in [0, 0.05) is 10.6 Å². The van der Waals surface area contributed by atoms with E-state index in [1.807, 2.05) is 0 Å². The molecule has 5 heteroatoms. The van der Waals surface area contributed by atoms with Crippen molar-refractivity contribution in [2.75, 3.05) is 7.11 Å². The minimum absolute atomic E-state index is 0.295. The summed E-state index contributed by atoms with van der Waals surface area (Å²) in [5, 5.41) is 0.602. The van der Waals surface area contributed by atoms with Crippen LogP contribution in [0.4, 0.5) is 4.39 Å². The van der Waals surface area contributed by atoms with Crippen LogP contribution in [0.5, 0.6) is 5.75 Å². The second-order valence-electron chi connectivity index (χ2n) is 4.40. The van der Waals surface area contributed by atoms with E-state index in [1.54, 1.807) is 43.5 Å². The third-order valence-electron chi connectivity index (χ3n) is 3.15. The number of rotatable bonds is 5. The first kappa shape index (κ1) is 14.8. The molecule has 0 aliphatic carbocycles. The van der Waals surface area contributed by atoms with Crippen molar-refractivity contribution in [2.45, 2.75) is 12.5 Å². The van der Waals surface area contributed by atoms with Crippen LogP contribution in [0, 0.1) is 5.82 Å². The van der Waals surface area contributed by atoms with Crippen molar-refractivity contribution in [3.05, 3.63) is 64.4 Å². The minimum atomic E-state index is -0.358. The van der Waals surface area contributed by atoms with Crippen molar-refractivity contribution in [1.82, 2.24) is 5.43 Å². The highest BCUT2D eigenvalue weighted by molar-refractivity contribution is 6.30. The lowest BCUT2D eigenvalue weighted by Crippen LogP contribution is -2.30. The fraction of sp³-hybridized carbons (Fsp3) is 0.200. The molecule has 3 N–H and O–H groups in total. The van der Waals surface area contributed by atoms with E-state index >= 15 is 0 Å². The maximum Gasteiger partial charge on any atom is 0.128 e. The van der Waals surface area contributed by atoms with Gasteiger partial charge in [-0.25, -0.2) is 4.39 Å². The molecule has 0 aliphatic rings. The lowest BCUT2D eigenvalue weighted by Gasteiger charge is -2.18. The van der Waals surface area contributed by atoms with Crippen molar-refractivity contribution in [3.63, 3.8) is 0 Å². The molecule has 2 aromatic carbocycles. The van der Waals surface area contributed by atoms with E-state index < -0.39 is 0 Å². The molecule has 0 saturated carbocycles. The lowest BCUT2D eigenvalue weighted by molar-refractivity contribution is 0.404. The van der Waals surface area contributed by atoms with E-state index in [1.165, 1.54) is 6.07 Å². The maximum atomic E-state index is 13.8. The van der Waals surface area contributed by atoms with E-state index in [2.05, 4.69) is 5.43 Å². The molecular weight excluding hydrogens is 279 g/mol. The molecule has 2 aromatic rings. The zero-order valence-electron chi connectivity index (χ0n) is 11.1. The molecule has 0 amide bonds. The van der Waals surface area contributed by atoms with E-state index in [0.717, 1.165) is 5.56 Å². The Morgan fingerprint density at radius 1 is 1.30 bits per heavy atom. The van der Waals surface area contributed by atoms with Gasteiger partial charge < -0.3 is 4.74 Å². The van der Waals surface area contributed by atoms with Gasteiger partial charge in [-0.2, -0.15) is 0 Å². The molecule has 2 rings (SSSR count). The Balaban J connectivity index is 2.31. The highest BCUT2D eigenvalue weighted by Crippen LogP contribution is 2.28. The molecule has 0 spiro atoms. The number of methoxy groups -OCH3 is 1. The Morgan fingerprint density at radius 3 is 2.70 bits per heavy atom. The predicted molar refractivity (Wildman–Crippen MR) is 78.2 cm³/mol. The highest BCUT2D eigenvalue weighted by atomic mass is 35.5. The van der Waals surface area contributed by atoms with Crippen LogP contribution in [0.3, 0.4) is 0 Å². The summed E-state index contributed by atoms with van der Waals surface area (Å²) in [6, 6.07) is 11.5. The monoisotopic (exact) mass is 294 g/mol. The summed E-state index contributed by atoms with van der Waals surface area (Å²) >= 11 is 6.00. The van der Waals surface area contributed by atoms with Gasteiger partial charge in [-0.05, 0) is 36.2 Å². The summed E-state index contributed by atoms with van der Waals surface area (Å²) < 4.78 is 19.1. The molecule has 0 aromatic heterocycles. The van der Waals surface area contributed by atoms with Gasteiger partial charge in [0.15, 0.2) is 0 Å². The number of hydrogen-bond donors (Lipinski definition) is 2. The summed E-state index contributed by atoms with van der Waals surface area (Å²) in [6.07, 6.45) is 0.473. The largest absolute Gasteiger partial charge is 0.496 e. The molecule has 20 heavy (non-hydrogen) atoms. The number of hydrogen-bond acceptors (Lipinski definition) is 3. The average molecular weight is 295 g/mol. The van der Waals surface area contributed by atoms with Crippen molar-refractivity contribution < 1.29 is 9.13 Å². The third-order valence-corrected chi connectivity index (χ3v) is 3.38. The van der Waals surface area contributed by atoms with Crippen LogP contribution in [-0.4, -0.2) is 7.11 Å². The Hall–Kier alpha value is -1.62. The number of nitrogens with one attached hydrogen (secondary N) is 1.